The van der Waals surface area contributed by atoms with Crippen LogP contribution in [0.15, 0.2) is 171 Å². The molecule has 2 aliphatic heterocycles. The Bertz CT molecular complexity index is 2890. The van der Waals surface area contributed by atoms with Crippen LogP contribution in [-0.4, -0.2) is 39.5 Å². The highest BCUT2D eigenvalue weighted by molar-refractivity contribution is 6.05. The molecule has 0 saturated heterocycles. The van der Waals surface area contributed by atoms with Crippen molar-refractivity contribution in [1.82, 2.24) is 25.1 Å². The molecule has 12 rings (SSSR count). The van der Waals surface area contributed by atoms with E-state index in [9.17, 15) is 0 Å². The van der Waals surface area contributed by atoms with Gasteiger partial charge >= 0.3 is 0 Å². The molecule has 0 fully saturated rings. The second-order valence-electron chi connectivity index (χ2n) is 15.9. The van der Waals surface area contributed by atoms with E-state index in [1.807, 2.05) is 36.7 Å². The molecule has 5 heterocycles. The van der Waals surface area contributed by atoms with Gasteiger partial charge in [-0.15, -0.1) is 0 Å². The maximum absolute atomic E-state index is 4.50. The van der Waals surface area contributed by atoms with E-state index in [0.717, 1.165) is 35.2 Å². The normalized spacial score (nSPS) is 11.5. The summed E-state index contributed by atoms with van der Waals surface area (Å²) in [5.41, 5.74) is 19.0. The quantitative estimate of drug-likeness (QED) is 0.0983. The molecule has 0 unspecified atom stereocenters. The first kappa shape index (κ1) is 46.2. The van der Waals surface area contributed by atoms with Crippen molar-refractivity contribution in [3.8, 4) is 0 Å². The number of benzene rings is 7. The number of H-pyrrole nitrogens is 3. The number of allylic oxidation sites excluding steroid dienone is 1. The van der Waals surface area contributed by atoms with E-state index in [4.69, 9.17) is 0 Å². The minimum absolute atomic E-state index is 0.988. The van der Waals surface area contributed by atoms with Gasteiger partial charge in [0.2, 0.25) is 0 Å². The van der Waals surface area contributed by atoms with Crippen molar-refractivity contribution in [3.63, 3.8) is 0 Å². The van der Waals surface area contributed by atoms with Gasteiger partial charge in [-0.2, -0.15) is 5.10 Å². The lowest BCUT2D eigenvalue weighted by atomic mass is 10.1. The van der Waals surface area contributed by atoms with Gasteiger partial charge in [0, 0.05) is 52.5 Å². The highest BCUT2D eigenvalue weighted by Crippen LogP contribution is 2.29. The molecule has 322 valence electrons. The topological polar surface area (TPSA) is 97.2 Å². The maximum atomic E-state index is 4.50. The molecule has 0 atom stereocenters. The number of aryl methyl sites for hydroxylation is 6. The zero-order valence-corrected chi connectivity index (χ0v) is 38.3. The number of aromatic amines is 3. The van der Waals surface area contributed by atoms with Gasteiger partial charge in [-0.05, 0) is 140 Å². The summed E-state index contributed by atoms with van der Waals surface area (Å²) in [7, 11) is 4.50. The van der Waals surface area contributed by atoms with Crippen molar-refractivity contribution in [2.45, 2.75) is 61.2 Å². The highest BCUT2D eigenvalue weighted by atomic mass is 15.1. The van der Waals surface area contributed by atoms with Crippen LogP contribution in [-0.2, 0) is 12.8 Å². The molecule has 0 aliphatic carbocycles. The summed E-state index contributed by atoms with van der Waals surface area (Å²) in [6, 6.07) is 48.2. The van der Waals surface area contributed by atoms with Crippen LogP contribution < -0.4 is 10.6 Å². The summed E-state index contributed by atoms with van der Waals surface area (Å²) in [6.07, 6.45) is 7.73. The molecule has 7 nitrogen and oxygen atoms in total. The van der Waals surface area contributed by atoms with E-state index in [-0.39, 0.29) is 0 Å². The lowest BCUT2D eigenvalue weighted by Crippen LogP contribution is -1.90. The fourth-order valence-electron chi connectivity index (χ4n) is 7.88. The Balaban J connectivity index is 0.000000127. The zero-order valence-electron chi connectivity index (χ0n) is 38.3. The molecule has 5 N–H and O–H groups in total. The van der Waals surface area contributed by atoms with E-state index < -0.39 is 0 Å². The lowest BCUT2D eigenvalue weighted by molar-refractivity contribution is 1.09. The molecule has 2 aliphatic rings. The van der Waals surface area contributed by atoms with Gasteiger partial charge in [-0.25, -0.2) is 4.98 Å². The Morgan fingerprint density at radius 1 is 0.516 bits per heavy atom. The molecule has 7 aromatic carbocycles. The van der Waals surface area contributed by atoms with Gasteiger partial charge in [-0.3, -0.25) is 5.10 Å². The van der Waals surface area contributed by atoms with Crippen LogP contribution in [0, 0.1) is 41.5 Å². The number of rotatable bonds is 0. The minimum atomic E-state index is 0.988. The smallest absolute Gasteiger partial charge is 0.0931 e. The number of para-hydroxylation sites is 1. The van der Waals surface area contributed by atoms with Gasteiger partial charge in [0.05, 0.1) is 36.9 Å². The Morgan fingerprint density at radius 3 is 1.77 bits per heavy atom. The fourth-order valence-corrected chi connectivity index (χ4v) is 7.88. The zero-order chi connectivity index (χ0) is 45.4. The largest absolute Gasteiger partial charge is 0.384 e. The molecule has 64 heavy (non-hydrogen) atoms. The standard InChI is InChI=1S/C11H10.C10H11N.C9H11N.C9H9N.2C8H8N2.CH3B/c1-9-5-4-7-10-6-2-3-8-11(9)10;1-7-4-3-5-10-9(7)6-8(2)11-10;2*1-7-3-2-4-9-8(7)5-6-10-9;1-6-3-2-4-8-7(6)5-9-10-8;1-6-3-2-4-7-8(6)10-5-9-7;1-2/h2-8H,1H3;3-5,11H,2,6H2,1H3;2-4,10H,5-6H2,1H3;2-6,10H,1H3;2*2-5H,1H3,(H,9,10);1H3. The maximum Gasteiger partial charge on any atom is 0.0931 e. The third-order valence-corrected chi connectivity index (χ3v) is 11.4. The van der Waals surface area contributed by atoms with E-state index in [1.54, 1.807) is 6.33 Å². The number of anilines is 2. The number of aromatic nitrogens is 5. The minimum Gasteiger partial charge on any atom is -0.384 e. The van der Waals surface area contributed by atoms with Gasteiger partial charge in [0.1, 0.15) is 0 Å². The second-order valence-corrected chi connectivity index (χ2v) is 15.9. The van der Waals surface area contributed by atoms with E-state index in [0.29, 0.717) is 0 Å². The van der Waals surface area contributed by atoms with E-state index in [1.165, 1.54) is 96.2 Å². The Morgan fingerprint density at radius 2 is 1.09 bits per heavy atom. The molecule has 0 bridgehead atoms. The number of imidazole rings is 1. The monoisotopic (exact) mass is 842 g/mol. The predicted molar refractivity (Wildman–Crippen MR) is 276 cm³/mol. The molecule has 2 radical (unpaired) electrons. The molecular weight excluding hydrogens is 781 g/mol. The SMILES string of the molecule is C=C1Cc2c(C)cccc2N1.Cc1cccc2[nH]ccc12.Cc1cccc2[nH]cnc12.Cc1cccc2[nH]ncc12.Cc1cccc2c1CCN2.Cc1cccc2ccccc12.[B]C. The first-order chi connectivity index (χ1) is 31.2. The number of hydrogen-bond acceptors (Lipinski definition) is 4. The summed E-state index contributed by atoms with van der Waals surface area (Å²) in [6.45, 7) is 19.2. The van der Waals surface area contributed by atoms with Crippen molar-refractivity contribution in [3.05, 3.63) is 215 Å². The van der Waals surface area contributed by atoms with E-state index in [2.05, 4.69) is 207 Å². The lowest BCUT2D eigenvalue weighted by Gasteiger charge is -2.00. The van der Waals surface area contributed by atoms with Gasteiger partial charge < -0.3 is 20.6 Å². The summed E-state index contributed by atoms with van der Waals surface area (Å²) in [4.78, 5) is 10.4. The molecule has 3 aromatic heterocycles. The average molecular weight is 842 g/mol. The van der Waals surface area contributed by atoms with Crippen molar-refractivity contribution in [2.24, 2.45) is 0 Å². The Labute approximate surface area is 379 Å². The molecule has 10 aromatic rings. The first-order valence-electron chi connectivity index (χ1n) is 21.8. The molecule has 0 saturated carbocycles. The summed E-state index contributed by atoms with van der Waals surface area (Å²) < 4.78 is 0. The van der Waals surface area contributed by atoms with Gasteiger partial charge in [0.15, 0.2) is 0 Å². The number of hydrogen-bond donors (Lipinski definition) is 5. The molecule has 0 amide bonds. The summed E-state index contributed by atoms with van der Waals surface area (Å²) >= 11 is 0. The molecule has 8 heteroatoms. The number of nitrogens with zero attached hydrogens (tertiary/aromatic N) is 2. The summed E-state index contributed by atoms with van der Waals surface area (Å²) in [5, 5.41) is 18.6. The third-order valence-electron chi connectivity index (χ3n) is 11.4. The van der Waals surface area contributed by atoms with Crippen LogP contribution in [0.2, 0.25) is 6.82 Å². The van der Waals surface area contributed by atoms with E-state index >= 15 is 0 Å². The first-order valence-corrected chi connectivity index (χ1v) is 21.8. The van der Waals surface area contributed by atoms with Crippen molar-refractivity contribution >= 4 is 62.8 Å². The van der Waals surface area contributed by atoms with Crippen LogP contribution >= 0.6 is 0 Å². The van der Waals surface area contributed by atoms with Crippen molar-refractivity contribution < 1.29 is 0 Å². The van der Waals surface area contributed by atoms with Crippen LogP contribution in [0.4, 0.5) is 11.4 Å². The third kappa shape index (κ3) is 11.8. The second kappa shape index (κ2) is 22.7. The predicted octanol–water partition coefficient (Wildman–Crippen LogP) is 14.0. The van der Waals surface area contributed by atoms with Crippen LogP contribution in [0.3, 0.4) is 0 Å². The highest BCUT2D eigenvalue weighted by Gasteiger charge is 2.14. The summed E-state index contributed by atoms with van der Waals surface area (Å²) in [5.74, 6) is 0. The molecular formula is C56H60BN7. The van der Waals surface area contributed by atoms with Gasteiger partial charge in [-0.1, -0.05) is 117 Å². The fraction of sp³-hybridized carbons (Fsp3) is 0.179. The number of nitrogens with one attached hydrogen (secondary N) is 5. The number of fused-ring (bicyclic) bond motifs is 6. The Hall–Kier alpha value is -7.32. The average Bonchev–Trinajstić information content (AvgIpc) is 4.17. The van der Waals surface area contributed by atoms with Crippen molar-refractivity contribution in [2.75, 3.05) is 17.2 Å². The van der Waals surface area contributed by atoms with Crippen molar-refractivity contribution in [1.29, 1.82) is 0 Å². The van der Waals surface area contributed by atoms with Gasteiger partial charge in [0.25, 0.3) is 0 Å². The van der Waals surface area contributed by atoms with Crippen LogP contribution in [0.1, 0.15) is 44.5 Å². The van der Waals surface area contributed by atoms with Crippen LogP contribution in [0.5, 0.6) is 0 Å². The van der Waals surface area contributed by atoms with Crippen LogP contribution in [0.25, 0.3) is 43.6 Å². The molecule has 0 spiro atoms. The Kier molecular flexibility index (Phi) is 16.4.